The molecule has 0 aliphatic heterocycles. The highest BCUT2D eigenvalue weighted by molar-refractivity contribution is 9.10. The van der Waals surface area contributed by atoms with Crippen LogP contribution in [0.3, 0.4) is 0 Å². The van der Waals surface area contributed by atoms with E-state index in [1.165, 1.54) is 12.7 Å². The van der Waals surface area contributed by atoms with Crippen molar-refractivity contribution in [3.8, 4) is 0 Å². The SMILES string of the molecule is COC(=O)C(CC(C)C)NC(C)Cc1ccc(Br)cc1. The monoisotopic (exact) mass is 341 g/mol. The van der Waals surface area contributed by atoms with Gasteiger partial charge in [-0.15, -0.1) is 0 Å². The molecule has 0 aliphatic carbocycles. The Balaban J connectivity index is 2.58. The largest absolute Gasteiger partial charge is 0.468 e. The van der Waals surface area contributed by atoms with Crippen molar-refractivity contribution < 1.29 is 9.53 Å². The molecule has 20 heavy (non-hydrogen) atoms. The standard InChI is InChI=1S/C16H24BrNO2/c1-11(2)9-15(16(19)20-4)18-12(3)10-13-5-7-14(17)8-6-13/h5-8,11-12,15,18H,9-10H2,1-4H3. The van der Waals surface area contributed by atoms with Gasteiger partial charge in [0.15, 0.2) is 0 Å². The van der Waals surface area contributed by atoms with Crippen LogP contribution in [0, 0.1) is 5.92 Å². The van der Waals surface area contributed by atoms with Gasteiger partial charge in [0.25, 0.3) is 0 Å². The Hall–Kier alpha value is -0.870. The van der Waals surface area contributed by atoms with Crippen molar-refractivity contribution in [2.24, 2.45) is 5.92 Å². The van der Waals surface area contributed by atoms with Crippen LogP contribution in [0.25, 0.3) is 0 Å². The third kappa shape index (κ3) is 6.06. The fourth-order valence-corrected chi connectivity index (χ4v) is 2.49. The number of carbonyl (C=O) groups is 1. The Bertz CT molecular complexity index is 417. The van der Waals surface area contributed by atoms with Gasteiger partial charge in [-0.1, -0.05) is 41.9 Å². The molecule has 0 aromatic heterocycles. The summed E-state index contributed by atoms with van der Waals surface area (Å²) in [5.41, 5.74) is 1.25. The van der Waals surface area contributed by atoms with Crippen molar-refractivity contribution in [2.45, 2.75) is 45.7 Å². The molecule has 2 atom stereocenters. The molecule has 0 bridgehead atoms. The summed E-state index contributed by atoms with van der Waals surface area (Å²) < 4.78 is 5.95. The summed E-state index contributed by atoms with van der Waals surface area (Å²) >= 11 is 3.43. The maximum atomic E-state index is 11.8. The van der Waals surface area contributed by atoms with Crippen molar-refractivity contribution in [2.75, 3.05) is 7.11 Å². The van der Waals surface area contributed by atoms with Crippen LogP contribution in [-0.4, -0.2) is 25.2 Å². The van der Waals surface area contributed by atoms with E-state index in [1.54, 1.807) is 0 Å². The molecule has 4 heteroatoms. The number of hydrogen-bond donors (Lipinski definition) is 1. The summed E-state index contributed by atoms with van der Waals surface area (Å²) in [6.07, 6.45) is 1.68. The molecule has 0 saturated heterocycles. The van der Waals surface area contributed by atoms with E-state index in [0.717, 1.165) is 17.3 Å². The molecule has 0 heterocycles. The lowest BCUT2D eigenvalue weighted by Gasteiger charge is -2.23. The van der Waals surface area contributed by atoms with Crippen LogP contribution in [0.15, 0.2) is 28.7 Å². The van der Waals surface area contributed by atoms with Crippen molar-refractivity contribution in [3.63, 3.8) is 0 Å². The number of methoxy groups -OCH3 is 1. The van der Waals surface area contributed by atoms with Gasteiger partial charge in [0.2, 0.25) is 0 Å². The summed E-state index contributed by atoms with van der Waals surface area (Å²) in [6.45, 7) is 6.31. The van der Waals surface area contributed by atoms with Crippen molar-refractivity contribution in [1.29, 1.82) is 0 Å². The lowest BCUT2D eigenvalue weighted by Crippen LogP contribution is -2.44. The Morgan fingerprint density at radius 2 is 1.85 bits per heavy atom. The van der Waals surface area contributed by atoms with Gasteiger partial charge in [-0.05, 0) is 43.4 Å². The van der Waals surface area contributed by atoms with Crippen LogP contribution >= 0.6 is 15.9 Å². The van der Waals surface area contributed by atoms with E-state index in [1.807, 2.05) is 12.1 Å². The van der Waals surface area contributed by atoms with Crippen molar-refractivity contribution in [3.05, 3.63) is 34.3 Å². The number of hydrogen-bond acceptors (Lipinski definition) is 3. The minimum Gasteiger partial charge on any atom is -0.468 e. The molecule has 3 nitrogen and oxygen atoms in total. The molecule has 1 aromatic carbocycles. The average molecular weight is 342 g/mol. The first-order valence-corrected chi connectivity index (χ1v) is 7.80. The second-order valence-electron chi connectivity index (χ2n) is 5.60. The predicted molar refractivity (Wildman–Crippen MR) is 85.7 cm³/mol. The van der Waals surface area contributed by atoms with Crippen molar-refractivity contribution in [1.82, 2.24) is 5.32 Å². The number of benzene rings is 1. The summed E-state index contributed by atoms with van der Waals surface area (Å²) in [4.78, 5) is 11.8. The fourth-order valence-electron chi connectivity index (χ4n) is 2.22. The first-order valence-electron chi connectivity index (χ1n) is 7.00. The third-order valence-corrected chi connectivity index (χ3v) is 3.66. The maximum Gasteiger partial charge on any atom is 0.322 e. The quantitative estimate of drug-likeness (QED) is 0.770. The van der Waals surface area contributed by atoms with Crippen LogP contribution in [-0.2, 0) is 16.0 Å². The van der Waals surface area contributed by atoms with Gasteiger partial charge in [0.05, 0.1) is 7.11 Å². The van der Waals surface area contributed by atoms with Gasteiger partial charge in [-0.3, -0.25) is 4.79 Å². The van der Waals surface area contributed by atoms with Gasteiger partial charge >= 0.3 is 5.97 Å². The molecule has 1 rings (SSSR count). The summed E-state index contributed by atoms with van der Waals surface area (Å²) in [5, 5.41) is 3.38. The van der Waals surface area contributed by atoms with E-state index < -0.39 is 0 Å². The molecule has 112 valence electrons. The molecule has 2 unspecified atom stereocenters. The van der Waals surface area contributed by atoms with Crippen LogP contribution < -0.4 is 5.32 Å². The second-order valence-corrected chi connectivity index (χ2v) is 6.52. The topological polar surface area (TPSA) is 38.3 Å². The Morgan fingerprint density at radius 3 is 2.35 bits per heavy atom. The molecule has 1 aromatic rings. The van der Waals surface area contributed by atoms with E-state index in [9.17, 15) is 4.79 Å². The lowest BCUT2D eigenvalue weighted by atomic mass is 10.0. The second kappa shape index (κ2) is 8.42. The minimum atomic E-state index is -0.231. The first-order chi connectivity index (χ1) is 9.42. The summed E-state index contributed by atoms with van der Waals surface area (Å²) in [5.74, 6) is 0.271. The number of halogens is 1. The first kappa shape index (κ1) is 17.2. The molecule has 0 fully saturated rings. The predicted octanol–water partition coefficient (Wildman–Crippen LogP) is 3.56. The highest BCUT2D eigenvalue weighted by Crippen LogP contribution is 2.13. The van der Waals surface area contributed by atoms with Crippen LogP contribution in [0.5, 0.6) is 0 Å². The average Bonchev–Trinajstić information content (AvgIpc) is 2.39. The summed E-state index contributed by atoms with van der Waals surface area (Å²) in [6, 6.07) is 8.25. The van der Waals surface area contributed by atoms with E-state index in [0.29, 0.717) is 5.92 Å². The van der Waals surface area contributed by atoms with Gasteiger partial charge in [-0.2, -0.15) is 0 Å². The number of rotatable bonds is 7. The van der Waals surface area contributed by atoms with Crippen LogP contribution in [0.2, 0.25) is 0 Å². The molecule has 0 saturated carbocycles. The van der Waals surface area contributed by atoms with Crippen LogP contribution in [0.1, 0.15) is 32.8 Å². The van der Waals surface area contributed by atoms with E-state index >= 15 is 0 Å². The highest BCUT2D eigenvalue weighted by atomic mass is 79.9. The fraction of sp³-hybridized carbons (Fsp3) is 0.562. The van der Waals surface area contributed by atoms with Crippen molar-refractivity contribution >= 4 is 21.9 Å². The number of nitrogens with one attached hydrogen (secondary N) is 1. The number of esters is 1. The van der Waals surface area contributed by atoms with Gasteiger partial charge in [0.1, 0.15) is 6.04 Å². The number of ether oxygens (including phenoxy) is 1. The normalized spacial score (nSPS) is 14.1. The van der Waals surface area contributed by atoms with Gasteiger partial charge < -0.3 is 10.1 Å². The third-order valence-electron chi connectivity index (χ3n) is 3.13. The smallest absolute Gasteiger partial charge is 0.322 e. The molecule has 0 amide bonds. The zero-order valence-electron chi connectivity index (χ0n) is 12.7. The Kier molecular flexibility index (Phi) is 7.24. The molecule has 0 radical (unpaired) electrons. The zero-order chi connectivity index (χ0) is 15.1. The van der Waals surface area contributed by atoms with E-state index in [-0.39, 0.29) is 18.1 Å². The summed E-state index contributed by atoms with van der Waals surface area (Å²) in [7, 11) is 1.44. The number of carbonyl (C=O) groups excluding carboxylic acids is 1. The zero-order valence-corrected chi connectivity index (χ0v) is 14.2. The molecular formula is C16H24BrNO2. The Labute approximate surface area is 130 Å². The highest BCUT2D eigenvalue weighted by Gasteiger charge is 2.22. The molecular weight excluding hydrogens is 318 g/mol. The van der Waals surface area contributed by atoms with Gasteiger partial charge in [-0.25, -0.2) is 0 Å². The molecule has 0 spiro atoms. The lowest BCUT2D eigenvalue weighted by molar-refractivity contribution is -0.143. The van der Waals surface area contributed by atoms with Gasteiger partial charge in [0, 0.05) is 10.5 Å². The van der Waals surface area contributed by atoms with E-state index in [2.05, 4.69) is 54.2 Å². The minimum absolute atomic E-state index is 0.179. The van der Waals surface area contributed by atoms with E-state index in [4.69, 9.17) is 4.74 Å². The van der Waals surface area contributed by atoms with Crippen LogP contribution in [0.4, 0.5) is 0 Å². The Morgan fingerprint density at radius 1 is 1.25 bits per heavy atom. The maximum absolute atomic E-state index is 11.8. The molecule has 1 N–H and O–H groups in total. The molecule has 0 aliphatic rings.